The summed E-state index contributed by atoms with van der Waals surface area (Å²) in [6.07, 6.45) is 4.61. The summed E-state index contributed by atoms with van der Waals surface area (Å²) in [5.41, 5.74) is 0.812. The fourth-order valence-corrected chi connectivity index (χ4v) is 5.65. The molecule has 1 aromatic heterocycles. The zero-order valence-corrected chi connectivity index (χ0v) is 17.6. The standard InChI is InChI=1S/C22H25N3O4S/c26-20(23-14-22(7-1-2-8-22)19-4-3-11-30-19)13-24-9-10-25(21(24)27)16-5-6-17-18(12-16)29-15-28-17/h3-6,11-12H,1-2,7-10,13-15H2,(H,23,26). The van der Waals surface area contributed by atoms with Crippen molar-refractivity contribution in [1.82, 2.24) is 10.2 Å². The third kappa shape index (κ3) is 3.49. The van der Waals surface area contributed by atoms with Crippen molar-refractivity contribution in [3.8, 4) is 11.5 Å². The third-order valence-corrected chi connectivity index (χ3v) is 7.44. The Balaban J connectivity index is 1.19. The van der Waals surface area contributed by atoms with Crippen LogP contribution in [0.25, 0.3) is 0 Å². The van der Waals surface area contributed by atoms with E-state index in [4.69, 9.17) is 9.47 Å². The van der Waals surface area contributed by atoms with Gasteiger partial charge in [-0.25, -0.2) is 4.79 Å². The highest BCUT2D eigenvalue weighted by molar-refractivity contribution is 7.10. The number of anilines is 1. The molecule has 0 bridgehead atoms. The van der Waals surface area contributed by atoms with Crippen LogP contribution in [0.4, 0.5) is 10.5 Å². The van der Waals surface area contributed by atoms with Crippen LogP contribution in [0.5, 0.6) is 11.5 Å². The minimum atomic E-state index is -0.155. The number of nitrogens with zero attached hydrogens (tertiary/aromatic N) is 2. The van der Waals surface area contributed by atoms with Crippen molar-refractivity contribution in [3.63, 3.8) is 0 Å². The molecule has 1 aliphatic carbocycles. The van der Waals surface area contributed by atoms with Gasteiger partial charge in [-0.15, -0.1) is 11.3 Å². The molecular weight excluding hydrogens is 402 g/mol. The van der Waals surface area contributed by atoms with Crippen LogP contribution < -0.4 is 19.7 Å². The first-order valence-corrected chi connectivity index (χ1v) is 11.3. The molecule has 2 aliphatic heterocycles. The molecule has 0 spiro atoms. The second-order valence-electron chi connectivity index (χ2n) is 8.13. The number of urea groups is 1. The van der Waals surface area contributed by atoms with Crippen molar-refractivity contribution in [3.05, 3.63) is 40.6 Å². The number of carbonyl (C=O) groups excluding carboxylic acids is 2. The highest BCUT2D eigenvalue weighted by atomic mass is 32.1. The average Bonchev–Trinajstić information content (AvgIpc) is 3.54. The number of rotatable bonds is 6. The number of nitrogens with one attached hydrogen (secondary N) is 1. The quantitative estimate of drug-likeness (QED) is 0.768. The van der Waals surface area contributed by atoms with E-state index in [1.54, 1.807) is 21.1 Å². The zero-order valence-electron chi connectivity index (χ0n) is 16.8. The minimum absolute atomic E-state index is 0.0529. The van der Waals surface area contributed by atoms with E-state index in [0.717, 1.165) is 18.5 Å². The molecular formula is C22H25N3O4S. The summed E-state index contributed by atoms with van der Waals surface area (Å²) in [5, 5.41) is 5.21. The molecule has 1 N–H and O–H groups in total. The first-order chi connectivity index (χ1) is 14.6. The summed E-state index contributed by atoms with van der Waals surface area (Å²) < 4.78 is 10.7. The molecule has 1 saturated carbocycles. The van der Waals surface area contributed by atoms with Gasteiger partial charge in [0.05, 0.1) is 0 Å². The number of fused-ring (bicyclic) bond motifs is 1. The van der Waals surface area contributed by atoms with Crippen molar-refractivity contribution >= 4 is 29.0 Å². The molecule has 3 heterocycles. The van der Waals surface area contributed by atoms with Gasteiger partial charge in [0.1, 0.15) is 6.54 Å². The second kappa shape index (κ2) is 7.83. The third-order valence-electron chi connectivity index (χ3n) is 6.33. The Morgan fingerprint density at radius 2 is 1.97 bits per heavy atom. The lowest BCUT2D eigenvalue weighted by atomic mass is 9.84. The summed E-state index contributed by atoms with van der Waals surface area (Å²) >= 11 is 1.77. The number of thiophene rings is 1. The van der Waals surface area contributed by atoms with Crippen LogP contribution in [0.15, 0.2) is 35.7 Å². The molecule has 1 aromatic carbocycles. The molecule has 0 radical (unpaired) electrons. The SMILES string of the molecule is O=C(CN1CCN(c2ccc3c(c2)OCO3)C1=O)NCC1(c2cccs2)CCCC1. The number of hydrogen-bond donors (Lipinski definition) is 1. The van der Waals surface area contributed by atoms with Crippen LogP contribution in [-0.2, 0) is 10.2 Å². The predicted molar refractivity (Wildman–Crippen MR) is 114 cm³/mol. The Morgan fingerprint density at radius 3 is 2.77 bits per heavy atom. The average molecular weight is 428 g/mol. The van der Waals surface area contributed by atoms with Crippen LogP contribution >= 0.6 is 11.3 Å². The van der Waals surface area contributed by atoms with E-state index < -0.39 is 0 Å². The molecule has 0 atom stereocenters. The summed E-state index contributed by atoms with van der Waals surface area (Å²) in [6, 6.07) is 9.57. The van der Waals surface area contributed by atoms with Gasteiger partial charge in [0.25, 0.3) is 0 Å². The monoisotopic (exact) mass is 427 g/mol. The maximum atomic E-state index is 12.9. The molecule has 3 aliphatic rings. The van der Waals surface area contributed by atoms with Crippen LogP contribution in [-0.4, -0.2) is 49.8 Å². The number of amides is 3. The Bertz CT molecular complexity index is 940. The molecule has 2 fully saturated rings. The Kier molecular flexibility index (Phi) is 5.02. The normalized spacial score (nSPS) is 19.5. The number of hydrogen-bond acceptors (Lipinski definition) is 5. The van der Waals surface area contributed by atoms with Crippen LogP contribution in [0.1, 0.15) is 30.6 Å². The van der Waals surface area contributed by atoms with E-state index in [1.165, 1.54) is 17.7 Å². The fourth-order valence-electron chi connectivity index (χ4n) is 4.66. The summed E-state index contributed by atoms with van der Waals surface area (Å²) in [7, 11) is 0. The molecule has 30 heavy (non-hydrogen) atoms. The fraction of sp³-hybridized carbons (Fsp3) is 0.455. The van der Waals surface area contributed by atoms with E-state index in [-0.39, 0.29) is 30.7 Å². The van der Waals surface area contributed by atoms with Gasteiger partial charge in [0.15, 0.2) is 11.5 Å². The second-order valence-corrected chi connectivity index (χ2v) is 9.08. The molecule has 8 heteroatoms. The Morgan fingerprint density at radius 1 is 1.13 bits per heavy atom. The summed E-state index contributed by atoms with van der Waals surface area (Å²) in [4.78, 5) is 30.1. The smallest absolute Gasteiger partial charge is 0.325 e. The van der Waals surface area contributed by atoms with Gasteiger partial charge in [0, 0.05) is 41.7 Å². The van der Waals surface area contributed by atoms with Gasteiger partial charge in [-0.05, 0) is 36.4 Å². The van der Waals surface area contributed by atoms with Gasteiger partial charge in [0.2, 0.25) is 12.7 Å². The van der Waals surface area contributed by atoms with E-state index in [1.807, 2.05) is 18.2 Å². The van der Waals surface area contributed by atoms with Crippen molar-refractivity contribution in [2.75, 3.05) is 37.9 Å². The number of carbonyl (C=O) groups is 2. The van der Waals surface area contributed by atoms with Crippen LogP contribution in [0.3, 0.4) is 0 Å². The van der Waals surface area contributed by atoms with Crippen molar-refractivity contribution in [1.29, 1.82) is 0 Å². The Labute approximate surface area is 179 Å². The van der Waals surface area contributed by atoms with Crippen LogP contribution in [0.2, 0.25) is 0 Å². The molecule has 5 rings (SSSR count). The molecule has 158 valence electrons. The lowest BCUT2D eigenvalue weighted by Gasteiger charge is -2.28. The molecule has 3 amide bonds. The largest absolute Gasteiger partial charge is 0.454 e. The van der Waals surface area contributed by atoms with Gasteiger partial charge in [-0.2, -0.15) is 0 Å². The van der Waals surface area contributed by atoms with Gasteiger partial charge in [-0.3, -0.25) is 9.69 Å². The first kappa shape index (κ1) is 19.2. The van der Waals surface area contributed by atoms with Gasteiger partial charge in [-0.1, -0.05) is 18.9 Å². The maximum absolute atomic E-state index is 12.9. The lowest BCUT2D eigenvalue weighted by molar-refractivity contribution is -0.121. The lowest BCUT2D eigenvalue weighted by Crippen LogP contribution is -2.44. The molecule has 0 unspecified atom stereocenters. The molecule has 7 nitrogen and oxygen atoms in total. The number of benzene rings is 1. The topological polar surface area (TPSA) is 71.1 Å². The van der Waals surface area contributed by atoms with Crippen molar-refractivity contribution in [2.45, 2.75) is 31.1 Å². The molecule has 2 aromatic rings. The van der Waals surface area contributed by atoms with Gasteiger partial charge >= 0.3 is 6.03 Å². The van der Waals surface area contributed by atoms with E-state index in [2.05, 4.69) is 22.8 Å². The molecule has 1 saturated heterocycles. The summed E-state index contributed by atoms with van der Waals surface area (Å²) in [5.74, 6) is 1.24. The van der Waals surface area contributed by atoms with E-state index in [9.17, 15) is 9.59 Å². The zero-order chi connectivity index (χ0) is 20.6. The van der Waals surface area contributed by atoms with Crippen molar-refractivity contribution < 1.29 is 19.1 Å². The van der Waals surface area contributed by atoms with E-state index >= 15 is 0 Å². The Hall–Kier alpha value is -2.74. The van der Waals surface area contributed by atoms with Gasteiger partial charge < -0.3 is 19.7 Å². The number of ether oxygens (including phenoxy) is 2. The highest BCUT2D eigenvalue weighted by Gasteiger charge is 2.37. The van der Waals surface area contributed by atoms with Crippen molar-refractivity contribution in [2.24, 2.45) is 0 Å². The maximum Gasteiger partial charge on any atom is 0.325 e. The predicted octanol–water partition coefficient (Wildman–Crippen LogP) is 3.35. The highest BCUT2D eigenvalue weighted by Crippen LogP contribution is 2.42. The summed E-state index contributed by atoms with van der Waals surface area (Å²) in [6.45, 7) is 1.99. The first-order valence-electron chi connectivity index (χ1n) is 10.4. The van der Waals surface area contributed by atoms with Crippen LogP contribution in [0, 0.1) is 0 Å². The van der Waals surface area contributed by atoms with E-state index in [0.29, 0.717) is 31.1 Å². The minimum Gasteiger partial charge on any atom is -0.454 e.